The van der Waals surface area contributed by atoms with Crippen molar-refractivity contribution in [2.24, 2.45) is 0 Å². The molecule has 0 fully saturated rings. The van der Waals surface area contributed by atoms with E-state index >= 15 is 0 Å². The summed E-state index contributed by atoms with van der Waals surface area (Å²) in [7, 11) is 1.23. The molecule has 4 heteroatoms. The highest BCUT2D eigenvalue weighted by Crippen LogP contribution is 2.18. The van der Waals surface area contributed by atoms with Gasteiger partial charge in [-0.25, -0.2) is 4.79 Å². The molecule has 0 aliphatic heterocycles. The molecule has 16 heavy (non-hydrogen) atoms. The van der Waals surface area contributed by atoms with Crippen LogP contribution in [0.15, 0.2) is 12.1 Å². The molecule has 0 bridgehead atoms. The van der Waals surface area contributed by atoms with E-state index in [9.17, 15) is 9.59 Å². The smallest absolute Gasteiger partial charge is 0.338 e. The first kappa shape index (κ1) is 11.9. The predicted molar refractivity (Wildman–Crippen MR) is 57.3 cm³/mol. The predicted octanol–water partition coefficient (Wildman–Crippen LogP) is 1.72. The first-order valence-corrected chi connectivity index (χ1v) is 4.79. The molecule has 1 aromatic rings. The van der Waals surface area contributed by atoms with Crippen molar-refractivity contribution in [2.45, 2.75) is 13.3 Å². The standard InChI is InChI=1S/C12H11NO3/c1-3-8-4-5-9(12(15)16-2)11(7-14)10(8)6-13/h4-5,7H,3H2,1-2H3. The molecule has 0 aliphatic rings. The van der Waals surface area contributed by atoms with Crippen molar-refractivity contribution in [3.63, 3.8) is 0 Å². The summed E-state index contributed by atoms with van der Waals surface area (Å²) in [6.45, 7) is 1.88. The molecule has 0 unspecified atom stereocenters. The lowest BCUT2D eigenvalue weighted by molar-refractivity contribution is 0.0598. The summed E-state index contributed by atoms with van der Waals surface area (Å²) < 4.78 is 4.54. The van der Waals surface area contributed by atoms with Gasteiger partial charge in [-0.1, -0.05) is 13.0 Å². The minimum absolute atomic E-state index is 0.105. The second-order valence-corrected chi connectivity index (χ2v) is 3.14. The third-order valence-electron chi connectivity index (χ3n) is 2.35. The summed E-state index contributed by atoms with van der Waals surface area (Å²) in [5, 5.41) is 8.98. The van der Waals surface area contributed by atoms with Gasteiger partial charge in [0.2, 0.25) is 0 Å². The Morgan fingerprint density at radius 2 is 2.25 bits per heavy atom. The van der Waals surface area contributed by atoms with E-state index in [1.807, 2.05) is 13.0 Å². The lowest BCUT2D eigenvalue weighted by Crippen LogP contribution is -2.08. The molecule has 0 aliphatic carbocycles. The van der Waals surface area contributed by atoms with Gasteiger partial charge >= 0.3 is 5.97 Å². The Morgan fingerprint density at radius 3 is 2.69 bits per heavy atom. The van der Waals surface area contributed by atoms with Gasteiger partial charge in [0.05, 0.1) is 18.2 Å². The molecule has 0 spiro atoms. The fourth-order valence-corrected chi connectivity index (χ4v) is 1.50. The summed E-state index contributed by atoms with van der Waals surface area (Å²) >= 11 is 0. The van der Waals surface area contributed by atoms with E-state index in [2.05, 4.69) is 4.74 Å². The molecule has 0 N–H and O–H groups in total. The third-order valence-corrected chi connectivity index (χ3v) is 2.35. The zero-order valence-electron chi connectivity index (χ0n) is 9.11. The third kappa shape index (κ3) is 1.94. The van der Waals surface area contributed by atoms with E-state index in [4.69, 9.17) is 5.26 Å². The van der Waals surface area contributed by atoms with Crippen LogP contribution >= 0.6 is 0 Å². The van der Waals surface area contributed by atoms with Gasteiger partial charge in [-0.05, 0) is 18.1 Å². The van der Waals surface area contributed by atoms with Crippen molar-refractivity contribution in [1.82, 2.24) is 0 Å². The van der Waals surface area contributed by atoms with Crippen LogP contribution in [0.4, 0.5) is 0 Å². The summed E-state index contributed by atoms with van der Waals surface area (Å²) in [4.78, 5) is 22.3. The zero-order chi connectivity index (χ0) is 12.1. The average molecular weight is 217 g/mol. The normalized spacial score (nSPS) is 9.31. The summed E-state index contributed by atoms with van der Waals surface area (Å²) in [5.41, 5.74) is 1.23. The topological polar surface area (TPSA) is 67.2 Å². The van der Waals surface area contributed by atoms with Crippen LogP contribution in [-0.4, -0.2) is 19.4 Å². The fourth-order valence-electron chi connectivity index (χ4n) is 1.50. The second kappa shape index (κ2) is 5.08. The quantitative estimate of drug-likeness (QED) is 0.571. The van der Waals surface area contributed by atoms with Gasteiger partial charge in [0.15, 0.2) is 6.29 Å². The van der Waals surface area contributed by atoms with Crippen LogP contribution in [0.1, 0.15) is 38.8 Å². The molecule has 0 saturated heterocycles. The van der Waals surface area contributed by atoms with Gasteiger partial charge in [-0.15, -0.1) is 0 Å². The lowest BCUT2D eigenvalue weighted by Gasteiger charge is -2.07. The summed E-state index contributed by atoms with van der Waals surface area (Å²) in [5.74, 6) is -0.610. The number of hydrogen-bond acceptors (Lipinski definition) is 4. The number of methoxy groups -OCH3 is 1. The molecule has 0 saturated carbocycles. The van der Waals surface area contributed by atoms with Crippen LogP contribution in [0.25, 0.3) is 0 Å². The van der Waals surface area contributed by atoms with E-state index < -0.39 is 5.97 Å². The van der Waals surface area contributed by atoms with Crippen LogP contribution < -0.4 is 0 Å². The first-order valence-electron chi connectivity index (χ1n) is 4.79. The molecule has 1 rings (SSSR count). The number of esters is 1. The maximum absolute atomic E-state index is 11.4. The van der Waals surface area contributed by atoms with Crippen LogP contribution in [0, 0.1) is 11.3 Å². The van der Waals surface area contributed by atoms with E-state index in [0.717, 1.165) is 5.56 Å². The molecule has 4 nitrogen and oxygen atoms in total. The number of benzene rings is 1. The SMILES string of the molecule is CCc1ccc(C(=O)OC)c(C=O)c1C#N. The van der Waals surface area contributed by atoms with Crippen molar-refractivity contribution in [3.05, 3.63) is 34.4 Å². The number of carbonyl (C=O) groups is 2. The summed E-state index contributed by atoms with van der Waals surface area (Å²) in [6.07, 6.45) is 1.15. The number of nitriles is 1. The number of nitrogens with zero attached hydrogens (tertiary/aromatic N) is 1. The molecule has 0 atom stereocenters. The summed E-state index contributed by atoms with van der Waals surface area (Å²) in [6, 6.07) is 5.12. The Hall–Kier alpha value is -2.15. The largest absolute Gasteiger partial charge is 0.465 e. The number of ether oxygens (including phenoxy) is 1. The highest BCUT2D eigenvalue weighted by atomic mass is 16.5. The van der Waals surface area contributed by atoms with Crippen molar-refractivity contribution >= 4 is 12.3 Å². The number of carbonyl (C=O) groups excluding carboxylic acids is 2. The molecular weight excluding hydrogens is 206 g/mol. The Kier molecular flexibility index (Phi) is 3.78. The highest BCUT2D eigenvalue weighted by Gasteiger charge is 2.17. The van der Waals surface area contributed by atoms with Crippen LogP contribution in [0.5, 0.6) is 0 Å². The van der Waals surface area contributed by atoms with Gasteiger partial charge in [-0.2, -0.15) is 5.26 Å². The monoisotopic (exact) mass is 217 g/mol. The van der Waals surface area contributed by atoms with E-state index in [-0.39, 0.29) is 16.7 Å². The highest BCUT2D eigenvalue weighted by molar-refractivity contribution is 6.00. The van der Waals surface area contributed by atoms with E-state index in [0.29, 0.717) is 12.7 Å². The molecule has 0 radical (unpaired) electrons. The van der Waals surface area contributed by atoms with E-state index in [1.54, 1.807) is 6.07 Å². The maximum atomic E-state index is 11.4. The van der Waals surface area contributed by atoms with Crippen molar-refractivity contribution < 1.29 is 14.3 Å². The van der Waals surface area contributed by atoms with Crippen LogP contribution in [-0.2, 0) is 11.2 Å². The minimum Gasteiger partial charge on any atom is -0.465 e. The van der Waals surface area contributed by atoms with Crippen LogP contribution in [0.3, 0.4) is 0 Å². The molecule has 1 aromatic carbocycles. The van der Waals surface area contributed by atoms with E-state index in [1.165, 1.54) is 13.2 Å². The molecule has 82 valence electrons. The number of hydrogen-bond donors (Lipinski definition) is 0. The Bertz CT molecular complexity index is 472. The zero-order valence-corrected chi connectivity index (χ0v) is 9.11. The maximum Gasteiger partial charge on any atom is 0.338 e. The lowest BCUT2D eigenvalue weighted by atomic mass is 9.96. The van der Waals surface area contributed by atoms with Gasteiger partial charge in [0.25, 0.3) is 0 Å². The van der Waals surface area contributed by atoms with Gasteiger partial charge in [0, 0.05) is 5.56 Å². The van der Waals surface area contributed by atoms with Crippen molar-refractivity contribution in [3.8, 4) is 6.07 Å². The van der Waals surface area contributed by atoms with Gasteiger partial charge in [-0.3, -0.25) is 4.79 Å². The molecule has 0 heterocycles. The number of rotatable bonds is 3. The molecule has 0 aromatic heterocycles. The van der Waals surface area contributed by atoms with Crippen molar-refractivity contribution in [1.29, 1.82) is 5.26 Å². The van der Waals surface area contributed by atoms with Gasteiger partial charge in [0.1, 0.15) is 6.07 Å². The number of aldehydes is 1. The number of aryl methyl sites for hydroxylation is 1. The molecular formula is C12H11NO3. The Morgan fingerprint density at radius 1 is 1.56 bits per heavy atom. The van der Waals surface area contributed by atoms with Crippen LogP contribution in [0.2, 0.25) is 0 Å². The second-order valence-electron chi connectivity index (χ2n) is 3.14. The fraction of sp³-hybridized carbons (Fsp3) is 0.250. The average Bonchev–Trinajstić information content (AvgIpc) is 2.35. The molecule has 0 amide bonds. The van der Waals surface area contributed by atoms with Gasteiger partial charge < -0.3 is 4.74 Å². The first-order chi connectivity index (χ1) is 7.69. The Labute approximate surface area is 93.5 Å². The Balaban J connectivity index is 3.51. The minimum atomic E-state index is -0.610. The van der Waals surface area contributed by atoms with Crippen molar-refractivity contribution in [2.75, 3.05) is 7.11 Å².